The molecule has 0 fully saturated rings. The molecule has 56 valence electrons. The Labute approximate surface area is 68.4 Å². The minimum Gasteiger partial charge on any atom is -0.343 e. The average Bonchev–Trinajstić information content (AvgIpc) is 2.31. The van der Waals surface area contributed by atoms with Crippen molar-refractivity contribution in [2.45, 2.75) is 6.92 Å². The molecule has 0 bridgehead atoms. The van der Waals surface area contributed by atoms with Crippen LogP contribution in [0.25, 0.3) is 11.0 Å². The molecule has 11 heavy (non-hydrogen) atoms. The molecule has 0 saturated heterocycles. The first-order valence-corrected chi connectivity index (χ1v) is 3.61. The van der Waals surface area contributed by atoms with Gasteiger partial charge in [0, 0.05) is 5.69 Å². The molecule has 0 aliphatic carbocycles. The van der Waals surface area contributed by atoms with Gasteiger partial charge in [-0.05, 0) is 13.0 Å². The Balaban J connectivity index is 2.90. The fourth-order valence-electron chi connectivity index (χ4n) is 1.04. The zero-order valence-electron chi connectivity index (χ0n) is 5.93. The van der Waals surface area contributed by atoms with E-state index in [0.29, 0.717) is 5.15 Å². The Kier molecular flexibility index (Phi) is 1.32. The maximum atomic E-state index is 5.80. The molecule has 0 amide bonds. The van der Waals surface area contributed by atoms with E-state index in [4.69, 9.17) is 11.6 Å². The normalized spacial score (nSPS) is 10.7. The SMILES string of the molecule is Cc1cc2c(Cl)ncnc2[nH]1. The molecule has 2 rings (SSSR count). The molecule has 2 heterocycles. The van der Waals surface area contributed by atoms with E-state index in [1.54, 1.807) is 0 Å². The Morgan fingerprint density at radius 3 is 3.00 bits per heavy atom. The molecule has 0 saturated carbocycles. The molecular weight excluding hydrogens is 162 g/mol. The van der Waals surface area contributed by atoms with Crippen LogP contribution in [0.2, 0.25) is 5.15 Å². The van der Waals surface area contributed by atoms with Gasteiger partial charge in [-0.1, -0.05) is 11.6 Å². The highest BCUT2D eigenvalue weighted by Crippen LogP contribution is 2.18. The molecule has 3 nitrogen and oxygen atoms in total. The largest absolute Gasteiger partial charge is 0.343 e. The molecule has 0 aliphatic heterocycles. The minimum atomic E-state index is 0.499. The summed E-state index contributed by atoms with van der Waals surface area (Å²) in [4.78, 5) is 10.9. The molecule has 0 spiro atoms. The molecule has 0 unspecified atom stereocenters. The molecule has 0 aromatic carbocycles. The van der Waals surface area contributed by atoms with Crippen LogP contribution in [0, 0.1) is 6.92 Å². The lowest BCUT2D eigenvalue weighted by molar-refractivity contribution is 1.18. The summed E-state index contributed by atoms with van der Waals surface area (Å²) in [6, 6.07) is 1.93. The number of H-pyrrole nitrogens is 1. The molecule has 0 aliphatic rings. The highest BCUT2D eigenvalue weighted by Gasteiger charge is 2.02. The van der Waals surface area contributed by atoms with Gasteiger partial charge in [0.25, 0.3) is 0 Å². The lowest BCUT2D eigenvalue weighted by atomic mass is 10.4. The van der Waals surface area contributed by atoms with Gasteiger partial charge in [0.2, 0.25) is 0 Å². The van der Waals surface area contributed by atoms with Crippen molar-refractivity contribution in [2.24, 2.45) is 0 Å². The summed E-state index contributed by atoms with van der Waals surface area (Å²) in [6.45, 7) is 1.96. The summed E-state index contributed by atoms with van der Waals surface area (Å²) in [5.74, 6) is 0. The molecule has 0 atom stereocenters. The number of nitrogens with zero attached hydrogens (tertiary/aromatic N) is 2. The quantitative estimate of drug-likeness (QED) is 0.609. The summed E-state index contributed by atoms with van der Waals surface area (Å²) in [7, 11) is 0. The van der Waals surface area contributed by atoms with Crippen molar-refractivity contribution < 1.29 is 0 Å². The monoisotopic (exact) mass is 167 g/mol. The van der Waals surface area contributed by atoms with Gasteiger partial charge in [-0.2, -0.15) is 0 Å². The van der Waals surface area contributed by atoms with Crippen LogP contribution in [0.15, 0.2) is 12.4 Å². The second kappa shape index (κ2) is 2.20. The minimum absolute atomic E-state index is 0.499. The number of halogens is 1. The topological polar surface area (TPSA) is 41.6 Å². The third kappa shape index (κ3) is 0.973. The Morgan fingerprint density at radius 2 is 2.27 bits per heavy atom. The van der Waals surface area contributed by atoms with Gasteiger partial charge in [-0.3, -0.25) is 0 Å². The van der Waals surface area contributed by atoms with Gasteiger partial charge in [0.05, 0.1) is 5.39 Å². The van der Waals surface area contributed by atoms with Crippen molar-refractivity contribution in [1.29, 1.82) is 0 Å². The lowest BCUT2D eigenvalue weighted by Gasteiger charge is -1.88. The number of fused-ring (bicyclic) bond motifs is 1. The second-order valence-corrected chi connectivity index (χ2v) is 2.74. The summed E-state index contributed by atoms with van der Waals surface area (Å²) >= 11 is 5.80. The van der Waals surface area contributed by atoms with Crippen molar-refractivity contribution >= 4 is 22.6 Å². The van der Waals surface area contributed by atoms with Crippen LogP contribution in [0.1, 0.15) is 5.69 Å². The summed E-state index contributed by atoms with van der Waals surface area (Å²) < 4.78 is 0. The maximum absolute atomic E-state index is 5.80. The van der Waals surface area contributed by atoms with Gasteiger partial charge in [-0.15, -0.1) is 0 Å². The Morgan fingerprint density at radius 1 is 1.45 bits per heavy atom. The van der Waals surface area contributed by atoms with Crippen LogP contribution in [-0.2, 0) is 0 Å². The third-order valence-electron chi connectivity index (χ3n) is 1.51. The first-order chi connectivity index (χ1) is 5.27. The van der Waals surface area contributed by atoms with Crippen molar-refractivity contribution in [1.82, 2.24) is 15.0 Å². The van der Waals surface area contributed by atoms with Gasteiger partial charge >= 0.3 is 0 Å². The number of rotatable bonds is 0. The molecule has 1 N–H and O–H groups in total. The zero-order valence-corrected chi connectivity index (χ0v) is 6.68. The number of hydrogen-bond donors (Lipinski definition) is 1. The molecule has 2 aromatic rings. The second-order valence-electron chi connectivity index (χ2n) is 2.38. The fraction of sp³-hybridized carbons (Fsp3) is 0.143. The number of nitrogens with one attached hydrogen (secondary N) is 1. The van der Waals surface area contributed by atoms with Crippen LogP contribution < -0.4 is 0 Å². The lowest BCUT2D eigenvalue weighted by Crippen LogP contribution is -1.79. The van der Waals surface area contributed by atoms with Crippen LogP contribution in [0.4, 0.5) is 0 Å². The maximum Gasteiger partial charge on any atom is 0.142 e. The Bertz CT molecular complexity index is 393. The van der Waals surface area contributed by atoms with Crippen LogP contribution in [-0.4, -0.2) is 15.0 Å². The van der Waals surface area contributed by atoms with E-state index in [2.05, 4.69) is 15.0 Å². The molecular formula is C7H6ClN3. The van der Waals surface area contributed by atoms with Crippen molar-refractivity contribution in [3.63, 3.8) is 0 Å². The Hall–Kier alpha value is -1.09. The highest BCUT2D eigenvalue weighted by molar-refractivity contribution is 6.33. The zero-order chi connectivity index (χ0) is 7.84. The third-order valence-corrected chi connectivity index (χ3v) is 1.81. The van der Waals surface area contributed by atoms with Crippen molar-refractivity contribution in [2.75, 3.05) is 0 Å². The summed E-state index contributed by atoms with van der Waals surface area (Å²) in [6.07, 6.45) is 1.45. The number of hydrogen-bond acceptors (Lipinski definition) is 2. The van der Waals surface area contributed by atoms with E-state index in [1.807, 2.05) is 13.0 Å². The van der Waals surface area contributed by atoms with Gasteiger partial charge in [-0.25, -0.2) is 9.97 Å². The van der Waals surface area contributed by atoms with E-state index in [-0.39, 0.29) is 0 Å². The summed E-state index contributed by atoms with van der Waals surface area (Å²) in [5.41, 5.74) is 1.84. The van der Waals surface area contributed by atoms with E-state index < -0.39 is 0 Å². The van der Waals surface area contributed by atoms with Crippen LogP contribution in [0.3, 0.4) is 0 Å². The van der Waals surface area contributed by atoms with E-state index in [0.717, 1.165) is 16.7 Å². The predicted molar refractivity (Wildman–Crippen MR) is 43.6 cm³/mol. The van der Waals surface area contributed by atoms with Crippen LogP contribution >= 0.6 is 11.6 Å². The van der Waals surface area contributed by atoms with Gasteiger partial charge < -0.3 is 4.98 Å². The van der Waals surface area contributed by atoms with Crippen LogP contribution in [0.5, 0.6) is 0 Å². The average molecular weight is 168 g/mol. The van der Waals surface area contributed by atoms with Gasteiger partial charge in [0.1, 0.15) is 17.1 Å². The predicted octanol–water partition coefficient (Wildman–Crippen LogP) is 1.92. The highest BCUT2D eigenvalue weighted by atomic mass is 35.5. The van der Waals surface area contributed by atoms with E-state index in [9.17, 15) is 0 Å². The molecule has 2 aromatic heterocycles. The van der Waals surface area contributed by atoms with E-state index in [1.165, 1.54) is 6.33 Å². The van der Waals surface area contributed by atoms with Gasteiger partial charge in [0.15, 0.2) is 0 Å². The van der Waals surface area contributed by atoms with Crippen molar-refractivity contribution in [3.05, 3.63) is 23.2 Å². The standard InChI is InChI=1S/C7H6ClN3/c1-4-2-5-6(8)9-3-10-7(5)11-4/h2-3H,1H3,(H,9,10,11). The first-order valence-electron chi connectivity index (χ1n) is 3.23. The number of aromatic amines is 1. The first kappa shape index (κ1) is 6.61. The molecule has 0 radical (unpaired) electrons. The molecule has 4 heteroatoms. The number of aryl methyl sites for hydroxylation is 1. The van der Waals surface area contributed by atoms with E-state index >= 15 is 0 Å². The number of aromatic nitrogens is 3. The summed E-state index contributed by atoms with van der Waals surface area (Å²) in [5, 5.41) is 1.38. The fourth-order valence-corrected chi connectivity index (χ4v) is 1.23. The smallest absolute Gasteiger partial charge is 0.142 e. The van der Waals surface area contributed by atoms with Crippen molar-refractivity contribution in [3.8, 4) is 0 Å².